The molecular formula is C12H18N2O3. The van der Waals surface area contributed by atoms with Gasteiger partial charge in [-0.3, -0.25) is 0 Å². The fraction of sp³-hybridized carbons (Fsp3) is 0.500. The Kier molecular flexibility index (Phi) is 3.40. The van der Waals surface area contributed by atoms with Crippen LogP contribution in [0.15, 0.2) is 18.2 Å². The van der Waals surface area contributed by atoms with E-state index in [2.05, 4.69) is 5.32 Å². The van der Waals surface area contributed by atoms with Crippen molar-refractivity contribution < 1.29 is 14.6 Å². The van der Waals surface area contributed by atoms with E-state index in [9.17, 15) is 5.11 Å². The maximum atomic E-state index is 10.1. The molecule has 0 aromatic heterocycles. The van der Waals surface area contributed by atoms with Crippen LogP contribution in [0.25, 0.3) is 0 Å². The largest absolute Gasteiger partial charge is 0.495 e. The van der Waals surface area contributed by atoms with E-state index in [0.29, 0.717) is 37.6 Å². The maximum absolute atomic E-state index is 10.1. The summed E-state index contributed by atoms with van der Waals surface area (Å²) in [6, 6.07) is 5.45. The minimum Gasteiger partial charge on any atom is -0.495 e. The molecule has 0 radical (unpaired) electrons. The molecule has 0 saturated carbocycles. The summed E-state index contributed by atoms with van der Waals surface area (Å²) in [6.07, 6.45) is 0.659. The molecule has 1 aromatic rings. The normalized spacial score (nSPS) is 23.6. The summed E-state index contributed by atoms with van der Waals surface area (Å²) >= 11 is 0. The Morgan fingerprint density at radius 1 is 1.59 bits per heavy atom. The highest BCUT2D eigenvalue weighted by molar-refractivity contribution is 5.61. The lowest BCUT2D eigenvalue weighted by Crippen LogP contribution is -2.37. The molecule has 94 valence electrons. The highest BCUT2D eigenvalue weighted by atomic mass is 16.5. The third-order valence-corrected chi connectivity index (χ3v) is 2.94. The van der Waals surface area contributed by atoms with Gasteiger partial charge in [-0.15, -0.1) is 0 Å². The van der Waals surface area contributed by atoms with Gasteiger partial charge in [0.2, 0.25) is 0 Å². The average Bonchev–Trinajstić information content (AvgIpc) is 2.76. The van der Waals surface area contributed by atoms with Crippen molar-refractivity contribution in [3.63, 3.8) is 0 Å². The number of rotatable bonds is 4. The van der Waals surface area contributed by atoms with Crippen LogP contribution in [0.3, 0.4) is 0 Å². The Labute approximate surface area is 101 Å². The number of methoxy groups -OCH3 is 1. The highest BCUT2D eigenvalue weighted by Crippen LogP contribution is 2.26. The monoisotopic (exact) mass is 238 g/mol. The van der Waals surface area contributed by atoms with E-state index in [1.54, 1.807) is 13.2 Å². The molecule has 0 amide bonds. The minimum atomic E-state index is -0.769. The summed E-state index contributed by atoms with van der Waals surface area (Å²) in [4.78, 5) is 0. The quantitative estimate of drug-likeness (QED) is 0.678. The second-order valence-electron chi connectivity index (χ2n) is 4.34. The van der Waals surface area contributed by atoms with Crippen molar-refractivity contribution >= 4 is 11.4 Å². The molecule has 0 spiro atoms. The molecule has 1 unspecified atom stereocenters. The van der Waals surface area contributed by atoms with E-state index in [1.165, 1.54) is 0 Å². The van der Waals surface area contributed by atoms with Gasteiger partial charge >= 0.3 is 0 Å². The van der Waals surface area contributed by atoms with E-state index >= 15 is 0 Å². The predicted molar refractivity (Wildman–Crippen MR) is 66.3 cm³/mol. The molecule has 1 heterocycles. The van der Waals surface area contributed by atoms with E-state index in [0.717, 1.165) is 5.69 Å². The van der Waals surface area contributed by atoms with Crippen molar-refractivity contribution in [2.24, 2.45) is 0 Å². The first-order valence-electron chi connectivity index (χ1n) is 5.60. The zero-order chi connectivity index (χ0) is 12.3. The standard InChI is InChI=1S/C12H18N2O3/c1-16-11-6-9(2-3-10(11)13)14-7-12(15)4-5-17-8-12/h2-3,6,14-15H,4-5,7-8,13H2,1H3. The molecule has 1 aromatic carbocycles. The number of nitrogens with two attached hydrogens (primary N) is 1. The molecule has 1 aliphatic heterocycles. The van der Waals surface area contributed by atoms with Crippen LogP contribution in [0.2, 0.25) is 0 Å². The first kappa shape index (κ1) is 12.0. The van der Waals surface area contributed by atoms with Gasteiger partial charge in [-0.25, -0.2) is 0 Å². The Hall–Kier alpha value is -1.46. The molecule has 17 heavy (non-hydrogen) atoms. The number of benzene rings is 1. The zero-order valence-corrected chi connectivity index (χ0v) is 9.90. The number of nitrogen functional groups attached to an aromatic ring is 1. The highest BCUT2D eigenvalue weighted by Gasteiger charge is 2.31. The fourth-order valence-corrected chi connectivity index (χ4v) is 1.82. The van der Waals surface area contributed by atoms with E-state index in [4.69, 9.17) is 15.2 Å². The number of nitrogens with one attached hydrogen (secondary N) is 1. The van der Waals surface area contributed by atoms with Gasteiger partial charge in [0.25, 0.3) is 0 Å². The first-order chi connectivity index (χ1) is 8.13. The average molecular weight is 238 g/mol. The Balaban J connectivity index is 1.99. The van der Waals surface area contributed by atoms with Crippen LogP contribution in [-0.4, -0.2) is 37.6 Å². The zero-order valence-electron chi connectivity index (χ0n) is 9.90. The lowest BCUT2D eigenvalue weighted by atomic mass is 10.0. The fourth-order valence-electron chi connectivity index (χ4n) is 1.82. The van der Waals surface area contributed by atoms with E-state index in [1.807, 2.05) is 12.1 Å². The van der Waals surface area contributed by atoms with Crippen LogP contribution in [0, 0.1) is 0 Å². The SMILES string of the molecule is COc1cc(NCC2(O)CCOC2)ccc1N. The smallest absolute Gasteiger partial charge is 0.143 e. The van der Waals surface area contributed by atoms with Crippen LogP contribution in [0.4, 0.5) is 11.4 Å². The second kappa shape index (κ2) is 4.81. The second-order valence-corrected chi connectivity index (χ2v) is 4.34. The van der Waals surface area contributed by atoms with Crippen LogP contribution in [-0.2, 0) is 4.74 Å². The minimum absolute atomic E-state index is 0.381. The summed E-state index contributed by atoms with van der Waals surface area (Å²) in [5.41, 5.74) is 6.42. The van der Waals surface area contributed by atoms with E-state index < -0.39 is 5.60 Å². The summed E-state index contributed by atoms with van der Waals surface area (Å²) in [5, 5.41) is 13.3. The van der Waals surface area contributed by atoms with Gasteiger partial charge in [-0.2, -0.15) is 0 Å². The number of anilines is 2. The van der Waals surface area contributed by atoms with Gasteiger partial charge < -0.3 is 25.6 Å². The Bertz CT molecular complexity index is 389. The number of hydrogen-bond donors (Lipinski definition) is 3. The molecule has 5 nitrogen and oxygen atoms in total. The molecule has 0 aliphatic carbocycles. The van der Waals surface area contributed by atoms with Crippen LogP contribution in [0.1, 0.15) is 6.42 Å². The summed E-state index contributed by atoms with van der Waals surface area (Å²) in [5.74, 6) is 0.629. The van der Waals surface area contributed by atoms with Crippen molar-refractivity contribution in [3.05, 3.63) is 18.2 Å². The van der Waals surface area contributed by atoms with Gasteiger partial charge in [0.15, 0.2) is 0 Å². The predicted octanol–water partition coefficient (Wildman–Crippen LogP) is 0.841. The van der Waals surface area contributed by atoms with Gasteiger partial charge in [0, 0.05) is 31.3 Å². The summed E-state index contributed by atoms with van der Waals surface area (Å²) < 4.78 is 10.3. The molecule has 5 heteroatoms. The third-order valence-electron chi connectivity index (χ3n) is 2.94. The number of hydrogen-bond acceptors (Lipinski definition) is 5. The first-order valence-corrected chi connectivity index (χ1v) is 5.60. The number of ether oxygens (including phenoxy) is 2. The van der Waals surface area contributed by atoms with Gasteiger partial charge in [0.05, 0.1) is 19.4 Å². The van der Waals surface area contributed by atoms with Crippen molar-refractivity contribution in [2.45, 2.75) is 12.0 Å². The topological polar surface area (TPSA) is 76.7 Å². The van der Waals surface area contributed by atoms with Gasteiger partial charge in [-0.1, -0.05) is 0 Å². The molecule has 1 fully saturated rings. The molecule has 4 N–H and O–H groups in total. The van der Waals surface area contributed by atoms with Gasteiger partial charge in [0.1, 0.15) is 11.4 Å². The molecular weight excluding hydrogens is 220 g/mol. The molecule has 0 bridgehead atoms. The molecule has 2 rings (SSSR count). The Morgan fingerprint density at radius 3 is 3.06 bits per heavy atom. The molecule has 1 atom stereocenters. The Morgan fingerprint density at radius 2 is 2.41 bits per heavy atom. The van der Waals surface area contributed by atoms with Crippen molar-refractivity contribution in [2.75, 3.05) is 37.9 Å². The van der Waals surface area contributed by atoms with Crippen LogP contribution >= 0.6 is 0 Å². The van der Waals surface area contributed by atoms with Crippen molar-refractivity contribution in [3.8, 4) is 5.75 Å². The summed E-state index contributed by atoms with van der Waals surface area (Å²) in [7, 11) is 1.58. The third kappa shape index (κ3) is 2.81. The van der Waals surface area contributed by atoms with Crippen LogP contribution < -0.4 is 15.8 Å². The van der Waals surface area contributed by atoms with Crippen LogP contribution in [0.5, 0.6) is 5.75 Å². The molecule has 1 aliphatic rings. The van der Waals surface area contributed by atoms with Crippen molar-refractivity contribution in [1.82, 2.24) is 0 Å². The van der Waals surface area contributed by atoms with E-state index in [-0.39, 0.29) is 0 Å². The van der Waals surface area contributed by atoms with Crippen molar-refractivity contribution in [1.29, 1.82) is 0 Å². The molecule has 1 saturated heterocycles. The maximum Gasteiger partial charge on any atom is 0.143 e. The lowest BCUT2D eigenvalue weighted by Gasteiger charge is -2.21. The number of aliphatic hydroxyl groups is 1. The van der Waals surface area contributed by atoms with Gasteiger partial charge in [-0.05, 0) is 12.1 Å². The summed E-state index contributed by atoms with van der Waals surface area (Å²) in [6.45, 7) is 1.45. The lowest BCUT2D eigenvalue weighted by molar-refractivity contribution is 0.0382.